The van der Waals surface area contributed by atoms with Gasteiger partial charge in [-0.15, -0.1) is 0 Å². The molecule has 0 unspecified atom stereocenters. The summed E-state index contributed by atoms with van der Waals surface area (Å²) in [5, 5.41) is 3.28. The third-order valence-electron chi connectivity index (χ3n) is 1.65. The van der Waals surface area contributed by atoms with Crippen molar-refractivity contribution in [3.8, 4) is 0 Å². The highest BCUT2D eigenvalue weighted by Crippen LogP contribution is 2.36. The maximum Gasteiger partial charge on any atom is 0.446 e. The number of hydrogen-bond acceptors (Lipinski definition) is 2. The average molecular weight is 259 g/mol. The minimum absolute atomic E-state index is 0.128. The van der Waals surface area contributed by atoms with Crippen LogP contribution in [-0.4, -0.2) is 12.1 Å². The number of alkyl halides is 3. The molecule has 90 valence electrons. The third kappa shape index (κ3) is 5.89. The van der Waals surface area contributed by atoms with Crippen LogP contribution in [0, 0.1) is 0 Å². The van der Waals surface area contributed by atoms with Gasteiger partial charge in [-0.25, -0.2) is 0 Å². The van der Waals surface area contributed by atoms with E-state index in [-0.39, 0.29) is 23.2 Å². The van der Waals surface area contributed by atoms with Crippen LogP contribution < -0.4 is 0 Å². The Kier molecular flexibility index (Phi) is 4.93. The molecule has 0 heterocycles. The van der Waals surface area contributed by atoms with Crippen LogP contribution in [-0.2, 0) is 0 Å². The SMILES string of the molecule is [N-]=[N+]=NCC=Cc1cccc(SC(F)(F)F)c1. The summed E-state index contributed by atoms with van der Waals surface area (Å²) in [7, 11) is 0. The number of nitrogens with zero attached hydrogens (tertiary/aromatic N) is 3. The Balaban J connectivity index is 2.72. The van der Waals surface area contributed by atoms with Gasteiger partial charge in [0.05, 0.1) is 0 Å². The predicted molar refractivity (Wildman–Crippen MR) is 61.4 cm³/mol. The summed E-state index contributed by atoms with van der Waals surface area (Å²) in [6.45, 7) is 0.174. The Morgan fingerprint density at radius 2 is 2.18 bits per heavy atom. The highest BCUT2D eigenvalue weighted by atomic mass is 32.2. The van der Waals surface area contributed by atoms with Gasteiger partial charge < -0.3 is 0 Å². The first kappa shape index (κ1) is 13.5. The molecule has 0 aromatic heterocycles. The van der Waals surface area contributed by atoms with Crippen molar-refractivity contribution in [3.63, 3.8) is 0 Å². The minimum Gasteiger partial charge on any atom is -0.160 e. The highest BCUT2D eigenvalue weighted by molar-refractivity contribution is 8.00. The zero-order chi connectivity index (χ0) is 12.7. The van der Waals surface area contributed by atoms with Gasteiger partial charge >= 0.3 is 5.51 Å². The molecule has 0 aliphatic rings. The molecule has 0 radical (unpaired) electrons. The first-order chi connectivity index (χ1) is 8.01. The monoisotopic (exact) mass is 259 g/mol. The van der Waals surface area contributed by atoms with Gasteiger partial charge in [-0.1, -0.05) is 29.4 Å². The fourth-order valence-corrected chi connectivity index (χ4v) is 1.70. The zero-order valence-corrected chi connectivity index (χ0v) is 9.37. The Morgan fingerprint density at radius 3 is 2.82 bits per heavy atom. The van der Waals surface area contributed by atoms with E-state index in [0.29, 0.717) is 5.56 Å². The van der Waals surface area contributed by atoms with Gasteiger partial charge in [0.15, 0.2) is 0 Å². The van der Waals surface area contributed by atoms with Crippen LogP contribution in [0.4, 0.5) is 13.2 Å². The number of azide groups is 1. The lowest BCUT2D eigenvalue weighted by molar-refractivity contribution is -0.0328. The molecule has 1 aromatic rings. The van der Waals surface area contributed by atoms with Gasteiger partial charge in [0.2, 0.25) is 0 Å². The number of rotatable bonds is 4. The standard InChI is InChI=1S/C10H8F3N3S/c11-10(12,13)17-9-5-1-3-8(7-9)4-2-6-15-16-14/h1-5,7H,6H2. The second kappa shape index (κ2) is 6.22. The van der Waals surface area contributed by atoms with E-state index >= 15 is 0 Å². The molecule has 0 fully saturated rings. The molecule has 1 rings (SSSR count). The summed E-state index contributed by atoms with van der Waals surface area (Å²) in [5.41, 5.74) is 4.38. The van der Waals surface area contributed by atoms with Gasteiger partial charge in [0.1, 0.15) is 0 Å². The first-order valence-corrected chi connectivity index (χ1v) is 5.36. The van der Waals surface area contributed by atoms with E-state index in [9.17, 15) is 13.2 Å². The van der Waals surface area contributed by atoms with E-state index in [1.54, 1.807) is 24.3 Å². The van der Waals surface area contributed by atoms with Crippen molar-refractivity contribution < 1.29 is 13.2 Å². The van der Waals surface area contributed by atoms with Gasteiger partial charge in [-0.3, -0.25) is 0 Å². The first-order valence-electron chi connectivity index (χ1n) is 4.54. The second-order valence-electron chi connectivity index (χ2n) is 2.94. The molecule has 0 saturated heterocycles. The minimum atomic E-state index is -4.28. The van der Waals surface area contributed by atoms with Crippen molar-refractivity contribution in [2.45, 2.75) is 10.4 Å². The molecular formula is C10H8F3N3S. The lowest BCUT2D eigenvalue weighted by atomic mass is 10.2. The molecule has 17 heavy (non-hydrogen) atoms. The Labute approximate surface area is 100.0 Å². The van der Waals surface area contributed by atoms with Crippen LogP contribution in [0.1, 0.15) is 5.56 Å². The summed E-state index contributed by atoms with van der Waals surface area (Å²) in [6.07, 6.45) is 3.19. The summed E-state index contributed by atoms with van der Waals surface area (Å²) >= 11 is -0.157. The average Bonchev–Trinajstić information content (AvgIpc) is 2.23. The number of benzene rings is 1. The van der Waals surface area contributed by atoms with Crippen LogP contribution in [0.2, 0.25) is 0 Å². The predicted octanol–water partition coefficient (Wildman–Crippen LogP) is 4.62. The summed E-state index contributed by atoms with van der Waals surface area (Å²) in [6, 6.07) is 6.03. The van der Waals surface area contributed by atoms with E-state index < -0.39 is 5.51 Å². The zero-order valence-electron chi connectivity index (χ0n) is 8.55. The fourth-order valence-electron chi connectivity index (χ4n) is 1.09. The topological polar surface area (TPSA) is 48.8 Å². The maximum absolute atomic E-state index is 12.1. The summed E-state index contributed by atoms with van der Waals surface area (Å²) < 4.78 is 36.3. The van der Waals surface area contributed by atoms with Crippen LogP contribution in [0.5, 0.6) is 0 Å². The van der Waals surface area contributed by atoms with Gasteiger partial charge in [-0.05, 0) is 35.0 Å². The van der Waals surface area contributed by atoms with E-state index in [1.807, 2.05) is 0 Å². The van der Waals surface area contributed by atoms with Crippen molar-refractivity contribution >= 4 is 17.8 Å². The molecule has 1 aromatic carbocycles. The van der Waals surface area contributed by atoms with Crippen LogP contribution in [0.15, 0.2) is 40.4 Å². The van der Waals surface area contributed by atoms with Crippen molar-refractivity contribution in [1.82, 2.24) is 0 Å². The molecule has 0 saturated carbocycles. The summed E-state index contributed by atoms with van der Waals surface area (Å²) in [5.74, 6) is 0. The van der Waals surface area contributed by atoms with Crippen molar-refractivity contribution in [1.29, 1.82) is 0 Å². The molecule has 0 aliphatic heterocycles. The van der Waals surface area contributed by atoms with Gasteiger partial charge in [0.25, 0.3) is 0 Å². The third-order valence-corrected chi connectivity index (χ3v) is 2.37. The lowest BCUT2D eigenvalue weighted by Gasteiger charge is -2.05. The largest absolute Gasteiger partial charge is 0.446 e. The molecular weight excluding hydrogens is 251 g/mol. The van der Waals surface area contributed by atoms with Crippen LogP contribution in [0.25, 0.3) is 16.5 Å². The molecule has 3 nitrogen and oxygen atoms in total. The van der Waals surface area contributed by atoms with Crippen LogP contribution >= 0.6 is 11.8 Å². The normalized spacial score (nSPS) is 11.5. The Bertz CT molecular complexity index is 450. The maximum atomic E-state index is 12.1. The van der Waals surface area contributed by atoms with Gasteiger partial charge in [0, 0.05) is 16.4 Å². The molecule has 0 bridgehead atoms. The number of thioether (sulfide) groups is 1. The lowest BCUT2D eigenvalue weighted by Crippen LogP contribution is -1.98. The van der Waals surface area contributed by atoms with Crippen molar-refractivity contribution in [2.75, 3.05) is 6.54 Å². The molecule has 0 atom stereocenters. The molecule has 7 heteroatoms. The number of halogens is 3. The molecule has 0 aliphatic carbocycles. The second-order valence-corrected chi connectivity index (χ2v) is 4.07. The molecule has 0 N–H and O–H groups in total. The van der Waals surface area contributed by atoms with Gasteiger partial charge in [-0.2, -0.15) is 13.2 Å². The van der Waals surface area contributed by atoms with Crippen molar-refractivity contribution in [3.05, 3.63) is 46.3 Å². The fraction of sp³-hybridized carbons (Fsp3) is 0.200. The van der Waals surface area contributed by atoms with Crippen molar-refractivity contribution in [2.24, 2.45) is 5.11 Å². The molecule has 0 spiro atoms. The van der Waals surface area contributed by atoms with E-state index in [2.05, 4.69) is 10.0 Å². The van der Waals surface area contributed by atoms with E-state index in [4.69, 9.17) is 5.53 Å². The highest BCUT2D eigenvalue weighted by Gasteiger charge is 2.28. The van der Waals surface area contributed by atoms with Crippen LogP contribution in [0.3, 0.4) is 0 Å². The Hall–Kier alpha value is -1.59. The Morgan fingerprint density at radius 1 is 1.41 bits per heavy atom. The number of hydrogen-bond donors (Lipinski definition) is 0. The smallest absolute Gasteiger partial charge is 0.160 e. The quantitative estimate of drug-likeness (QED) is 0.337. The summed E-state index contributed by atoms with van der Waals surface area (Å²) in [4.78, 5) is 2.68. The van der Waals surface area contributed by atoms with E-state index in [1.165, 1.54) is 12.1 Å². The molecule has 0 amide bonds. The van der Waals surface area contributed by atoms with E-state index in [0.717, 1.165) is 0 Å².